The first-order chi connectivity index (χ1) is 7.15. The highest BCUT2D eigenvalue weighted by Crippen LogP contribution is 2.38. The van der Waals surface area contributed by atoms with E-state index in [0.717, 1.165) is 24.0 Å². The van der Waals surface area contributed by atoms with Crippen LogP contribution in [0.25, 0.3) is 0 Å². The maximum Gasteiger partial charge on any atom is 0.138 e. The molecule has 1 aromatic carbocycles. The lowest BCUT2D eigenvalue weighted by molar-refractivity contribution is 0.134. The van der Waals surface area contributed by atoms with Crippen LogP contribution < -0.4 is 11.1 Å². The van der Waals surface area contributed by atoms with Crippen molar-refractivity contribution in [2.45, 2.75) is 25.0 Å². The van der Waals surface area contributed by atoms with Crippen LogP contribution >= 0.6 is 0 Å². The third-order valence-corrected chi connectivity index (χ3v) is 3.03. The molecule has 0 aromatic heterocycles. The Bertz CT molecular complexity index is 379. The van der Waals surface area contributed by atoms with Crippen LogP contribution in [0.15, 0.2) is 12.1 Å². The smallest absolute Gasteiger partial charge is 0.138 e. The molecule has 1 aliphatic rings. The largest absolute Gasteiger partial charge is 0.506 e. The Morgan fingerprint density at radius 3 is 2.87 bits per heavy atom. The van der Waals surface area contributed by atoms with E-state index in [4.69, 9.17) is 5.73 Å². The molecule has 0 spiro atoms. The highest BCUT2D eigenvalue weighted by molar-refractivity contribution is 5.64. The molecule has 5 N–H and O–H groups in total. The van der Waals surface area contributed by atoms with Gasteiger partial charge in [-0.1, -0.05) is 6.07 Å². The van der Waals surface area contributed by atoms with Crippen LogP contribution in [-0.2, 0) is 6.42 Å². The van der Waals surface area contributed by atoms with Crippen LogP contribution in [0.1, 0.15) is 23.7 Å². The van der Waals surface area contributed by atoms with Gasteiger partial charge in [-0.2, -0.15) is 0 Å². The molecule has 0 amide bonds. The lowest BCUT2D eigenvalue weighted by Crippen LogP contribution is -2.33. The molecule has 0 heterocycles. The van der Waals surface area contributed by atoms with E-state index in [9.17, 15) is 10.2 Å². The van der Waals surface area contributed by atoms with Gasteiger partial charge in [0.1, 0.15) is 5.75 Å². The molecule has 0 aliphatic heterocycles. The molecule has 1 aliphatic carbocycles. The quantitative estimate of drug-likeness (QED) is 0.513. The molecule has 2 rings (SSSR count). The summed E-state index contributed by atoms with van der Waals surface area (Å²) in [5.41, 5.74) is 8.30. The van der Waals surface area contributed by atoms with E-state index in [1.165, 1.54) is 0 Å². The predicted molar refractivity (Wildman–Crippen MR) is 58.9 cm³/mol. The summed E-state index contributed by atoms with van der Waals surface area (Å²) in [5, 5.41) is 22.5. The highest BCUT2D eigenvalue weighted by atomic mass is 16.3. The van der Waals surface area contributed by atoms with E-state index < -0.39 is 6.10 Å². The minimum atomic E-state index is -0.624. The van der Waals surface area contributed by atoms with E-state index in [1.807, 2.05) is 0 Å². The van der Waals surface area contributed by atoms with Crippen molar-refractivity contribution in [3.05, 3.63) is 23.3 Å². The monoisotopic (exact) mass is 208 g/mol. The van der Waals surface area contributed by atoms with Crippen molar-refractivity contribution in [3.8, 4) is 5.75 Å². The van der Waals surface area contributed by atoms with Gasteiger partial charge in [0.15, 0.2) is 0 Å². The number of fused-ring (bicyclic) bond motifs is 1. The van der Waals surface area contributed by atoms with Crippen LogP contribution in [0.4, 0.5) is 5.69 Å². The Morgan fingerprint density at radius 2 is 2.20 bits per heavy atom. The van der Waals surface area contributed by atoms with Gasteiger partial charge in [0.2, 0.25) is 0 Å². The molecule has 82 valence electrons. The number of aliphatic hydroxyl groups is 1. The number of phenolic OH excluding ortho intramolecular Hbond substituents is 1. The Kier molecular flexibility index (Phi) is 2.54. The van der Waals surface area contributed by atoms with Crippen molar-refractivity contribution in [1.29, 1.82) is 0 Å². The number of aliphatic hydroxyl groups excluding tert-OH is 1. The zero-order valence-electron chi connectivity index (χ0n) is 8.70. The number of anilines is 1. The molecule has 15 heavy (non-hydrogen) atoms. The third kappa shape index (κ3) is 1.56. The van der Waals surface area contributed by atoms with Crippen LogP contribution in [-0.4, -0.2) is 23.3 Å². The fourth-order valence-electron chi connectivity index (χ4n) is 2.18. The fourth-order valence-corrected chi connectivity index (χ4v) is 2.18. The number of hydrogen-bond acceptors (Lipinski definition) is 4. The van der Waals surface area contributed by atoms with E-state index in [-0.39, 0.29) is 11.8 Å². The molecule has 0 fully saturated rings. The minimum Gasteiger partial charge on any atom is -0.506 e. The maximum atomic E-state index is 9.91. The Hall–Kier alpha value is -1.26. The van der Waals surface area contributed by atoms with Crippen molar-refractivity contribution in [2.75, 3.05) is 12.4 Å². The molecule has 0 radical (unpaired) electrons. The second kappa shape index (κ2) is 3.72. The predicted octanol–water partition coefficient (Wildman–Crippen LogP) is 0.741. The third-order valence-electron chi connectivity index (χ3n) is 3.03. The summed E-state index contributed by atoms with van der Waals surface area (Å²) in [5.74, 6) is 0.221. The number of hydrogen-bond donors (Lipinski definition) is 4. The first kappa shape index (κ1) is 10.3. The van der Waals surface area contributed by atoms with Gasteiger partial charge in [-0.05, 0) is 30.0 Å². The molecular weight excluding hydrogens is 192 g/mol. The average molecular weight is 208 g/mol. The van der Waals surface area contributed by atoms with Crippen molar-refractivity contribution in [1.82, 2.24) is 0 Å². The van der Waals surface area contributed by atoms with Crippen molar-refractivity contribution < 1.29 is 10.2 Å². The summed E-state index contributed by atoms with van der Waals surface area (Å²) in [4.78, 5) is 0. The molecule has 4 heteroatoms. The topological polar surface area (TPSA) is 78.5 Å². The number of nitrogens with one attached hydrogen (secondary N) is 1. The highest BCUT2D eigenvalue weighted by Gasteiger charge is 2.27. The van der Waals surface area contributed by atoms with Gasteiger partial charge >= 0.3 is 0 Å². The maximum absolute atomic E-state index is 9.91. The molecule has 2 atom stereocenters. The van der Waals surface area contributed by atoms with Crippen molar-refractivity contribution in [3.63, 3.8) is 0 Å². The second-order valence-corrected chi connectivity index (χ2v) is 3.92. The number of phenols is 1. The lowest BCUT2D eigenvalue weighted by atomic mass is 9.85. The normalized spacial score (nSPS) is 24.7. The van der Waals surface area contributed by atoms with E-state index in [0.29, 0.717) is 5.69 Å². The first-order valence-corrected chi connectivity index (χ1v) is 5.11. The molecular formula is C11H16N2O2. The van der Waals surface area contributed by atoms with Gasteiger partial charge in [-0.3, -0.25) is 0 Å². The Balaban J connectivity index is 2.53. The SMILES string of the molecule is CNc1c(O)ccc2c1CC[C@H](N)[C@H]2O. The number of aromatic hydroxyl groups is 1. The molecule has 0 saturated carbocycles. The summed E-state index contributed by atoms with van der Waals surface area (Å²) in [6.07, 6.45) is 0.909. The van der Waals surface area contributed by atoms with Crippen LogP contribution in [0, 0.1) is 0 Å². The average Bonchev–Trinajstić information content (AvgIpc) is 2.23. The molecule has 1 aromatic rings. The summed E-state index contributed by atoms with van der Waals surface area (Å²) in [6.45, 7) is 0. The molecule has 4 nitrogen and oxygen atoms in total. The van der Waals surface area contributed by atoms with Gasteiger partial charge in [-0.25, -0.2) is 0 Å². The van der Waals surface area contributed by atoms with Gasteiger partial charge < -0.3 is 21.3 Å². The van der Waals surface area contributed by atoms with Crippen LogP contribution in [0.3, 0.4) is 0 Å². The number of rotatable bonds is 1. The second-order valence-electron chi connectivity index (χ2n) is 3.92. The summed E-state index contributed by atoms with van der Waals surface area (Å²) in [6, 6.07) is 3.13. The molecule has 0 saturated heterocycles. The number of benzene rings is 1. The lowest BCUT2D eigenvalue weighted by Gasteiger charge is -2.29. The van der Waals surface area contributed by atoms with E-state index in [1.54, 1.807) is 19.2 Å². The summed E-state index contributed by atoms with van der Waals surface area (Å²) < 4.78 is 0. The molecule has 0 bridgehead atoms. The van der Waals surface area contributed by atoms with Crippen LogP contribution in [0.2, 0.25) is 0 Å². The van der Waals surface area contributed by atoms with Gasteiger partial charge in [0, 0.05) is 13.1 Å². The fraction of sp³-hybridized carbons (Fsp3) is 0.455. The van der Waals surface area contributed by atoms with Crippen LogP contribution in [0.5, 0.6) is 5.75 Å². The minimum absolute atomic E-state index is 0.202. The standard InChI is InChI=1S/C11H16N2O2/c1-13-10-6-2-4-8(12)11(15)7(6)3-5-9(10)14/h3,5,8,11,13-15H,2,4,12H2,1H3/t8-,11-/m0/s1. The van der Waals surface area contributed by atoms with E-state index in [2.05, 4.69) is 5.32 Å². The Morgan fingerprint density at radius 1 is 1.47 bits per heavy atom. The summed E-state index contributed by atoms with van der Waals surface area (Å²) in [7, 11) is 1.76. The summed E-state index contributed by atoms with van der Waals surface area (Å²) >= 11 is 0. The first-order valence-electron chi connectivity index (χ1n) is 5.11. The van der Waals surface area contributed by atoms with Gasteiger partial charge in [0.25, 0.3) is 0 Å². The molecule has 0 unspecified atom stereocenters. The van der Waals surface area contributed by atoms with E-state index >= 15 is 0 Å². The van der Waals surface area contributed by atoms with Crippen molar-refractivity contribution in [2.24, 2.45) is 5.73 Å². The Labute approximate surface area is 88.7 Å². The van der Waals surface area contributed by atoms with Crippen molar-refractivity contribution >= 4 is 5.69 Å². The number of nitrogens with two attached hydrogens (primary N) is 1. The van der Waals surface area contributed by atoms with Gasteiger partial charge in [0.05, 0.1) is 11.8 Å². The van der Waals surface area contributed by atoms with Gasteiger partial charge in [-0.15, -0.1) is 0 Å². The zero-order valence-corrected chi connectivity index (χ0v) is 8.70. The zero-order chi connectivity index (χ0) is 11.0.